The fourth-order valence-electron chi connectivity index (χ4n) is 3.05. The molecule has 5 heteroatoms. The molecule has 1 fully saturated rings. The molecule has 25 heavy (non-hydrogen) atoms. The van der Waals surface area contributed by atoms with Gasteiger partial charge in [0, 0.05) is 57.2 Å². The molecule has 1 amide bonds. The van der Waals surface area contributed by atoms with Crippen molar-refractivity contribution in [1.29, 1.82) is 0 Å². The second-order valence-electron chi connectivity index (χ2n) is 6.42. The van der Waals surface area contributed by atoms with Gasteiger partial charge in [-0.15, -0.1) is 0 Å². The quantitative estimate of drug-likeness (QED) is 0.858. The van der Waals surface area contributed by atoms with Crippen LogP contribution in [0.3, 0.4) is 0 Å². The second-order valence-corrected chi connectivity index (χ2v) is 6.42. The molecule has 0 aromatic heterocycles. The number of rotatable bonds is 4. The van der Waals surface area contributed by atoms with Crippen molar-refractivity contribution < 1.29 is 9.53 Å². The summed E-state index contributed by atoms with van der Waals surface area (Å²) in [5, 5.41) is 0. The summed E-state index contributed by atoms with van der Waals surface area (Å²) in [6.45, 7) is 3.16. The number of piperazine rings is 1. The van der Waals surface area contributed by atoms with Gasteiger partial charge in [0.05, 0.1) is 7.11 Å². The van der Waals surface area contributed by atoms with Gasteiger partial charge in [-0.05, 0) is 48.5 Å². The van der Waals surface area contributed by atoms with Gasteiger partial charge >= 0.3 is 0 Å². The van der Waals surface area contributed by atoms with E-state index in [-0.39, 0.29) is 5.91 Å². The Hall–Kier alpha value is -2.69. The molecule has 3 rings (SSSR count). The number of hydrogen-bond donors (Lipinski definition) is 0. The number of hydrogen-bond acceptors (Lipinski definition) is 4. The fraction of sp³-hybridized carbons (Fsp3) is 0.350. The minimum Gasteiger partial charge on any atom is -0.497 e. The van der Waals surface area contributed by atoms with E-state index in [0.717, 1.165) is 43.2 Å². The van der Waals surface area contributed by atoms with Crippen LogP contribution in [0.1, 0.15) is 10.4 Å². The predicted molar refractivity (Wildman–Crippen MR) is 102 cm³/mol. The van der Waals surface area contributed by atoms with Crippen molar-refractivity contribution in [3.8, 4) is 5.75 Å². The first-order valence-electron chi connectivity index (χ1n) is 8.54. The Morgan fingerprint density at radius 1 is 0.920 bits per heavy atom. The summed E-state index contributed by atoms with van der Waals surface area (Å²) >= 11 is 0. The fourth-order valence-corrected chi connectivity index (χ4v) is 3.05. The molecule has 0 radical (unpaired) electrons. The monoisotopic (exact) mass is 339 g/mol. The second kappa shape index (κ2) is 7.47. The lowest BCUT2D eigenvalue weighted by Gasteiger charge is -2.36. The van der Waals surface area contributed by atoms with E-state index in [4.69, 9.17) is 4.74 Å². The number of carbonyl (C=O) groups is 1. The average Bonchev–Trinajstić information content (AvgIpc) is 2.67. The average molecular weight is 339 g/mol. The molecule has 5 nitrogen and oxygen atoms in total. The van der Waals surface area contributed by atoms with Crippen molar-refractivity contribution >= 4 is 17.3 Å². The largest absolute Gasteiger partial charge is 0.497 e. The van der Waals surface area contributed by atoms with Gasteiger partial charge < -0.3 is 19.4 Å². The van der Waals surface area contributed by atoms with Gasteiger partial charge in [0.25, 0.3) is 5.91 Å². The van der Waals surface area contributed by atoms with E-state index in [2.05, 4.69) is 17.0 Å². The van der Waals surface area contributed by atoms with Crippen LogP contribution in [0.25, 0.3) is 0 Å². The van der Waals surface area contributed by atoms with Crippen molar-refractivity contribution in [2.75, 3.05) is 57.2 Å². The third kappa shape index (κ3) is 3.87. The smallest absolute Gasteiger partial charge is 0.253 e. The zero-order valence-corrected chi connectivity index (χ0v) is 15.1. The lowest BCUT2D eigenvalue weighted by Crippen LogP contribution is -2.48. The summed E-state index contributed by atoms with van der Waals surface area (Å²) in [5.41, 5.74) is 3.02. The summed E-state index contributed by atoms with van der Waals surface area (Å²) in [4.78, 5) is 19.0. The Kier molecular flexibility index (Phi) is 5.12. The molecule has 0 atom stereocenters. The summed E-state index contributed by atoms with van der Waals surface area (Å²) in [5.74, 6) is 0.971. The lowest BCUT2D eigenvalue weighted by molar-refractivity contribution is 0.0747. The SMILES string of the molecule is COc1ccc(N2CCN(C(=O)c3ccc(N(C)C)cc3)CC2)cc1. The maximum atomic E-state index is 12.7. The van der Waals surface area contributed by atoms with E-state index in [1.54, 1.807) is 7.11 Å². The van der Waals surface area contributed by atoms with Crippen LogP contribution in [0.4, 0.5) is 11.4 Å². The molecule has 1 heterocycles. The normalized spacial score (nSPS) is 14.4. The van der Waals surface area contributed by atoms with Crippen LogP contribution in [0.15, 0.2) is 48.5 Å². The third-order valence-corrected chi connectivity index (χ3v) is 4.64. The van der Waals surface area contributed by atoms with E-state index in [0.29, 0.717) is 0 Å². The highest BCUT2D eigenvalue weighted by atomic mass is 16.5. The van der Waals surface area contributed by atoms with E-state index >= 15 is 0 Å². The summed E-state index contributed by atoms with van der Waals surface area (Å²) in [6, 6.07) is 15.9. The van der Waals surface area contributed by atoms with Gasteiger partial charge in [0.2, 0.25) is 0 Å². The van der Waals surface area contributed by atoms with Crippen LogP contribution in [0.5, 0.6) is 5.75 Å². The molecular weight excluding hydrogens is 314 g/mol. The minimum atomic E-state index is 0.111. The Bertz CT molecular complexity index is 703. The standard InChI is InChI=1S/C20H25N3O2/c1-21(2)17-6-4-16(5-7-17)20(24)23-14-12-22(13-15-23)18-8-10-19(25-3)11-9-18/h4-11H,12-15H2,1-3H3. The van der Waals surface area contributed by atoms with Crippen LogP contribution >= 0.6 is 0 Å². The van der Waals surface area contributed by atoms with E-state index < -0.39 is 0 Å². The van der Waals surface area contributed by atoms with Gasteiger partial charge in [0.1, 0.15) is 5.75 Å². The van der Waals surface area contributed by atoms with Gasteiger partial charge in [-0.25, -0.2) is 0 Å². The van der Waals surface area contributed by atoms with E-state index in [1.807, 2.05) is 60.3 Å². The van der Waals surface area contributed by atoms with Gasteiger partial charge in [-0.1, -0.05) is 0 Å². The lowest BCUT2D eigenvalue weighted by atomic mass is 10.1. The summed E-state index contributed by atoms with van der Waals surface area (Å²) in [6.07, 6.45) is 0. The Morgan fingerprint density at radius 3 is 2.04 bits per heavy atom. The Balaban J connectivity index is 1.60. The minimum absolute atomic E-state index is 0.111. The van der Waals surface area contributed by atoms with Crippen molar-refractivity contribution in [2.45, 2.75) is 0 Å². The Morgan fingerprint density at radius 2 is 1.52 bits per heavy atom. The Labute approximate surface area is 149 Å². The van der Waals surface area contributed by atoms with Crippen LogP contribution in [-0.4, -0.2) is 58.2 Å². The molecule has 1 saturated heterocycles. The van der Waals surface area contributed by atoms with Crippen molar-refractivity contribution in [1.82, 2.24) is 4.90 Å². The summed E-state index contributed by atoms with van der Waals surface area (Å²) in [7, 11) is 5.66. The number of methoxy groups -OCH3 is 1. The highest BCUT2D eigenvalue weighted by molar-refractivity contribution is 5.94. The van der Waals surface area contributed by atoms with Crippen LogP contribution in [0, 0.1) is 0 Å². The maximum Gasteiger partial charge on any atom is 0.253 e. The molecule has 132 valence electrons. The summed E-state index contributed by atoms with van der Waals surface area (Å²) < 4.78 is 5.20. The van der Waals surface area contributed by atoms with Crippen molar-refractivity contribution in [3.05, 3.63) is 54.1 Å². The first-order valence-corrected chi connectivity index (χ1v) is 8.54. The molecule has 1 aliphatic heterocycles. The molecule has 1 aliphatic rings. The molecule has 0 saturated carbocycles. The number of ether oxygens (including phenoxy) is 1. The highest BCUT2D eigenvalue weighted by Crippen LogP contribution is 2.21. The third-order valence-electron chi connectivity index (χ3n) is 4.64. The molecule has 2 aromatic rings. The molecule has 0 spiro atoms. The number of amides is 1. The van der Waals surface area contributed by atoms with Crippen LogP contribution in [0.2, 0.25) is 0 Å². The molecule has 0 bridgehead atoms. The topological polar surface area (TPSA) is 36.0 Å². The van der Waals surface area contributed by atoms with Crippen LogP contribution in [-0.2, 0) is 0 Å². The molecule has 0 aliphatic carbocycles. The van der Waals surface area contributed by atoms with Crippen molar-refractivity contribution in [2.24, 2.45) is 0 Å². The van der Waals surface area contributed by atoms with Gasteiger partial charge in [0.15, 0.2) is 0 Å². The van der Waals surface area contributed by atoms with Crippen molar-refractivity contribution in [3.63, 3.8) is 0 Å². The highest BCUT2D eigenvalue weighted by Gasteiger charge is 2.22. The molecule has 2 aromatic carbocycles. The molecule has 0 unspecified atom stereocenters. The number of anilines is 2. The van der Waals surface area contributed by atoms with Gasteiger partial charge in [-0.3, -0.25) is 4.79 Å². The zero-order chi connectivity index (χ0) is 17.8. The molecular formula is C20H25N3O2. The zero-order valence-electron chi connectivity index (χ0n) is 15.1. The van der Waals surface area contributed by atoms with Crippen LogP contribution < -0.4 is 14.5 Å². The number of nitrogens with zero attached hydrogens (tertiary/aromatic N) is 3. The first-order chi connectivity index (χ1) is 12.1. The maximum absolute atomic E-state index is 12.7. The number of benzene rings is 2. The van der Waals surface area contributed by atoms with E-state index in [9.17, 15) is 4.79 Å². The van der Waals surface area contributed by atoms with Gasteiger partial charge in [-0.2, -0.15) is 0 Å². The predicted octanol–water partition coefficient (Wildman–Crippen LogP) is 2.72. The molecule has 0 N–H and O–H groups in total. The number of carbonyl (C=O) groups excluding carboxylic acids is 1. The van der Waals surface area contributed by atoms with E-state index in [1.165, 1.54) is 5.69 Å². The first kappa shape index (κ1) is 17.1.